The molecule has 0 bridgehead atoms. The second-order valence-electron chi connectivity index (χ2n) is 9.73. The van der Waals surface area contributed by atoms with E-state index in [4.69, 9.17) is 9.17 Å². The van der Waals surface area contributed by atoms with Crippen LogP contribution in [0.15, 0.2) is 41.3 Å². The predicted molar refractivity (Wildman–Crippen MR) is 148 cm³/mol. The van der Waals surface area contributed by atoms with E-state index >= 15 is 0 Å². The maximum absolute atomic E-state index is 12.9. The number of aromatic nitrogens is 3. The first-order valence-electron chi connectivity index (χ1n) is 12.6. The fourth-order valence-electron chi connectivity index (χ4n) is 4.71. The van der Waals surface area contributed by atoms with Crippen molar-refractivity contribution in [3.05, 3.63) is 74.5 Å². The highest BCUT2D eigenvalue weighted by Crippen LogP contribution is 2.33. The van der Waals surface area contributed by atoms with Crippen molar-refractivity contribution in [2.24, 2.45) is 0 Å². The Morgan fingerprint density at radius 2 is 1.95 bits per heavy atom. The highest BCUT2D eigenvalue weighted by Gasteiger charge is 2.34. The van der Waals surface area contributed by atoms with Crippen LogP contribution in [0.4, 0.5) is 13.2 Å². The Labute approximate surface area is 239 Å². The summed E-state index contributed by atoms with van der Waals surface area (Å²) < 4.78 is 68.4. The van der Waals surface area contributed by atoms with Gasteiger partial charge >= 0.3 is 16.3 Å². The molecule has 1 fully saturated rings. The van der Waals surface area contributed by atoms with Crippen LogP contribution in [-0.4, -0.2) is 46.8 Å². The molecule has 9 nitrogen and oxygen atoms in total. The van der Waals surface area contributed by atoms with Gasteiger partial charge in [0.2, 0.25) is 0 Å². The lowest BCUT2D eigenvalue weighted by Crippen LogP contribution is -2.31. The van der Waals surface area contributed by atoms with E-state index in [1.807, 2.05) is 12.3 Å². The highest BCUT2D eigenvalue weighted by atomic mass is 32.2. The van der Waals surface area contributed by atoms with Crippen molar-refractivity contribution in [1.29, 1.82) is 0 Å². The first-order chi connectivity index (χ1) is 19.0. The molecular weight excluding hydrogens is 586 g/mol. The number of piperidine rings is 1. The Bertz CT molecular complexity index is 1480. The lowest BCUT2D eigenvalue weighted by atomic mass is 9.98. The van der Waals surface area contributed by atoms with Crippen molar-refractivity contribution < 1.29 is 25.8 Å². The standard InChI is InChI=1S/C25H29F3N6O3S3/c1-16-12-22(25(26,27)28)32-34(16)39-11-10-33-8-6-17(7-9-33)24-31-20(15-38-24)23-29-13-18-4-3-5-21(19(18)14-30-23)37-40(2,35)36/h3-5,10-12,15,17,23,29-30H,6-9,13-14H2,1-2H3. The molecular formula is C25H29F3N6O3S3. The molecule has 1 unspecified atom stereocenters. The number of hydrogen-bond acceptors (Lipinski definition) is 10. The smallest absolute Gasteiger partial charge is 0.382 e. The average molecular weight is 615 g/mol. The zero-order valence-electron chi connectivity index (χ0n) is 21.8. The molecule has 3 aromatic rings. The van der Waals surface area contributed by atoms with E-state index in [9.17, 15) is 21.6 Å². The summed E-state index contributed by atoms with van der Waals surface area (Å²) >= 11 is 2.75. The molecule has 1 saturated heterocycles. The van der Waals surface area contributed by atoms with Crippen LogP contribution in [0.5, 0.6) is 5.75 Å². The molecule has 15 heteroatoms. The van der Waals surface area contributed by atoms with Gasteiger partial charge in [-0.1, -0.05) is 12.1 Å². The van der Waals surface area contributed by atoms with Crippen molar-refractivity contribution >= 4 is 33.4 Å². The molecule has 2 aliphatic heterocycles. The van der Waals surface area contributed by atoms with Gasteiger partial charge in [0.05, 0.1) is 17.0 Å². The Kier molecular flexibility index (Phi) is 8.47. The molecule has 5 rings (SSSR count). The zero-order valence-corrected chi connectivity index (χ0v) is 24.3. The monoisotopic (exact) mass is 614 g/mol. The molecule has 1 aromatic carbocycles. The van der Waals surface area contributed by atoms with Crippen LogP contribution >= 0.6 is 23.3 Å². The van der Waals surface area contributed by atoms with Crippen LogP contribution in [0, 0.1) is 6.92 Å². The van der Waals surface area contributed by atoms with Gasteiger partial charge in [0, 0.05) is 72.3 Å². The van der Waals surface area contributed by atoms with Crippen LogP contribution in [0.2, 0.25) is 0 Å². The minimum Gasteiger partial charge on any atom is -0.382 e. The van der Waals surface area contributed by atoms with Gasteiger partial charge in [0.25, 0.3) is 0 Å². The quantitative estimate of drug-likeness (QED) is 0.366. The number of thiazole rings is 1. The third kappa shape index (κ3) is 7.00. The summed E-state index contributed by atoms with van der Waals surface area (Å²) in [6.45, 7) is 4.21. The van der Waals surface area contributed by atoms with E-state index in [1.165, 1.54) is 4.09 Å². The third-order valence-corrected chi connectivity index (χ3v) is 9.05. The number of likely N-dealkylation sites (tertiary alicyclic amines) is 1. The molecule has 1 atom stereocenters. The first-order valence-corrected chi connectivity index (χ1v) is 16.1. The number of rotatable bonds is 7. The van der Waals surface area contributed by atoms with Gasteiger partial charge in [-0.3, -0.25) is 10.6 Å². The number of nitrogens with one attached hydrogen (secondary N) is 2. The number of fused-ring (bicyclic) bond motifs is 1. The SMILES string of the molecule is Cc1cc(C(F)(F)F)nn1SC=CN1CCC(c2nc(C3NCc4cccc(OS(C)(=O)=O)c4CN3)cs2)CC1. The Balaban J connectivity index is 1.14. The Hall–Kier alpha value is -2.59. The van der Waals surface area contributed by atoms with Crippen molar-refractivity contribution in [3.8, 4) is 5.75 Å². The maximum atomic E-state index is 12.9. The minimum absolute atomic E-state index is 0.188. The van der Waals surface area contributed by atoms with Crippen LogP contribution in [0.25, 0.3) is 0 Å². The summed E-state index contributed by atoms with van der Waals surface area (Å²) in [5.74, 6) is 0.662. The number of aryl methyl sites for hydroxylation is 1. The van der Waals surface area contributed by atoms with Gasteiger partial charge in [0.1, 0.15) is 11.9 Å². The summed E-state index contributed by atoms with van der Waals surface area (Å²) in [5, 5.41) is 15.4. The normalized spacial score (nSPS) is 19.1. The molecule has 2 aliphatic rings. The summed E-state index contributed by atoms with van der Waals surface area (Å²) in [4.78, 5) is 7.08. The fraction of sp³-hybridized carbons (Fsp3) is 0.440. The summed E-state index contributed by atoms with van der Waals surface area (Å²) in [6, 6.07) is 6.43. The van der Waals surface area contributed by atoms with Crippen LogP contribution < -0.4 is 14.8 Å². The second-order valence-corrected chi connectivity index (χ2v) is 13.0. The Morgan fingerprint density at radius 1 is 1.20 bits per heavy atom. The van der Waals surface area contributed by atoms with Crippen molar-refractivity contribution in [3.63, 3.8) is 0 Å². The van der Waals surface area contributed by atoms with Gasteiger partial charge in [0.15, 0.2) is 5.69 Å². The average Bonchev–Trinajstić information content (AvgIpc) is 3.46. The number of nitrogens with zero attached hydrogens (tertiary/aromatic N) is 4. The van der Waals surface area contributed by atoms with Crippen LogP contribution in [0.3, 0.4) is 0 Å². The maximum Gasteiger partial charge on any atom is 0.435 e. The molecule has 40 heavy (non-hydrogen) atoms. The predicted octanol–water partition coefficient (Wildman–Crippen LogP) is 4.74. The molecule has 2 N–H and O–H groups in total. The number of hydrogen-bond donors (Lipinski definition) is 2. The number of halogens is 3. The van der Waals surface area contributed by atoms with E-state index in [0.29, 0.717) is 30.5 Å². The molecule has 4 heterocycles. The summed E-state index contributed by atoms with van der Waals surface area (Å²) in [7, 11) is -3.63. The van der Waals surface area contributed by atoms with Crippen LogP contribution in [-0.2, 0) is 29.4 Å². The molecule has 0 radical (unpaired) electrons. The van der Waals surface area contributed by atoms with Gasteiger partial charge in [-0.25, -0.2) is 9.07 Å². The summed E-state index contributed by atoms with van der Waals surface area (Å²) in [5.41, 5.74) is 2.21. The van der Waals surface area contributed by atoms with Crippen molar-refractivity contribution in [2.75, 3.05) is 19.3 Å². The fourth-order valence-corrected chi connectivity index (χ4v) is 6.90. The molecule has 216 valence electrons. The lowest BCUT2D eigenvalue weighted by Gasteiger charge is -2.30. The minimum atomic E-state index is -4.45. The number of alkyl halides is 3. The molecule has 2 aromatic heterocycles. The molecule has 0 spiro atoms. The van der Waals surface area contributed by atoms with Crippen LogP contribution in [0.1, 0.15) is 58.1 Å². The topological polar surface area (TPSA) is 101 Å². The largest absolute Gasteiger partial charge is 0.435 e. The molecule has 0 aliphatic carbocycles. The first kappa shape index (κ1) is 28.9. The summed E-state index contributed by atoms with van der Waals surface area (Å²) in [6.07, 6.45) is 0.137. The van der Waals surface area contributed by atoms with E-state index in [1.54, 1.807) is 35.8 Å². The number of benzene rings is 1. The van der Waals surface area contributed by atoms with Gasteiger partial charge in [-0.2, -0.15) is 26.7 Å². The molecule has 0 saturated carbocycles. The third-order valence-electron chi connectivity index (χ3n) is 6.73. The van der Waals surface area contributed by atoms with Gasteiger partial charge in [-0.05, 0) is 37.5 Å². The zero-order chi connectivity index (χ0) is 28.5. The van der Waals surface area contributed by atoms with Gasteiger partial charge < -0.3 is 9.08 Å². The van der Waals surface area contributed by atoms with Crippen molar-refractivity contribution in [1.82, 2.24) is 29.7 Å². The highest BCUT2D eigenvalue weighted by molar-refractivity contribution is 8.00. The van der Waals surface area contributed by atoms with E-state index in [-0.39, 0.29) is 6.17 Å². The van der Waals surface area contributed by atoms with Crippen molar-refractivity contribution in [2.45, 2.75) is 51.1 Å². The Morgan fingerprint density at radius 3 is 2.65 bits per heavy atom. The second kappa shape index (κ2) is 11.7. The van der Waals surface area contributed by atoms with E-state index in [0.717, 1.165) is 72.0 Å². The van der Waals surface area contributed by atoms with Gasteiger partial charge in [-0.15, -0.1) is 11.3 Å². The molecule has 0 amide bonds. The van der Waals surface area contributed by atoms with E-state index < -0.39 is 22.0 Å². The van der Waals surface area contributed by atoms with E-state index in [2.05, 4.69) is 26.0 Å². The lowest BCUT2D eigenvalue weighted by molar-refractivity contribution is -0.141.